The fourth-order valence-electron chi connectivity index (χ4n) is 2.28. The van der Waals surface area contributed by atoms with Crippen LogP contribution in [-0.4, -0.2) is 31.7 Å². The first-order valence-electron chi connectivity index (χ1n) is 5.73. The first kappa shape index (κ1) is 11.7. The number of hydrogen-bond donors (Lipinski definition) is 2. The van der Waals surface area contributed by atoms with Crippen LogP contribution in [0.3, 0.4) is 0 Å². The van der Waals surface area contributed by atoms with Crippen molar-refractivity contribution in [3.8, 4) is 0 Å². The molecule has 1 aliphatic rings. The monoisotopic (exact) mass is 229 g/mol. The Morgan fingerprint density at radius 3 is 2.71 bits per heavy atom. The Morgan fingerprint density at radius 1 is 1.53 bits per heavy atom. The van der Waals surface area contributed by atoms with Crippen LogP contribution in [0.5, 0.6) is 0 Å². The number of benzene rings is 1. The Labute approximate surface area is 102 Å². The van der Waals surface area contributed by atoms with Gasteiger partial charge in [-0.05, 0) is 12.0 Å². The highest BCUT2D eigenvalue weighted by Crippen LogP contribution is 2.30. The third-order valence-corrected chi connectivity index (χ3v) is 3.38. The lowest BCUT2D eigenvalue weighted by Crippen LogP contribution is -2.43. The van der Waals surface area contributed by atoms with Crippen molar-refractivity contribution in [2.45, 2.75) is 18.9 Å². The van der Waals surface area contributed by atoms with Gasteiger partial charge in [0.25, 0.3) is 5.91 Å². The van der Waals surface area contributed by atoms with Crippen molar-refractivity contribution in [1.82, 2.24) is 10.2 Å². The molecule has 5 heteroatoms. The fraction of sp³-hybridized carbons (Fsp3) is 0.333. The summed E-state index contributed by atoms with van der Waals surface area (Å²) in [5.74, 6) is 0.106. The quantitative estimate of drug-likeness (QED) is 0.674. The second-order valence-electron chi connectivity index (χ2n) is 4.47. The second kappa shape index (κ2) is 3.91. The molecule has 0 saturated carbocycles. The standard InChI is InChI=1S/C12H16BN3O/c1-3-12(8-5-4-6-9(13)7-8)10(17)16(2)11(14)15-12/h4-7H,3,13H2,1-2H3,(H2,14,15). The van der Waals surface area contributed by atoms with Crippen LogP contribution in [0.2, 0.25) is 0 Å². The van der Waals surface area contributed by atoms with Crippen molar-refractivity contribution in [1.29, 1.82) is 5.41 Å². The third-order valence-electron chi connectivity index (χ3n) is 3.38. The fourth-order valence-corrected chi connectivity index (χ4v) is 2.28. The van der Waals surface area contributed by atoms with Crippen molar-refractivity contribution >= 4 is 25.2 Å². The maximum absolute atomic E-state index is 12.3. The summed E-state index contributed by atoms with van der Waals surface area (Å²) < 4.78 is 0. The molecular weight excluding hydrogens is 213 g/mol. The van der Waals surface area contributed by atoms with E-state index in [0.717, 1.165) is 11.0 Å². The van der Waals surface area contributed by atoms with E-state index in [-0.39, 0.29) is 11.9 Å². The zero-order valence-electron chi connectivity index (χ0n) is 10.4. The molecule has 1 aromatic carbocycles. The average Bonchev–Trinajstić information content (AvgIpc) is 2.54. The molecular formula is C12H16BN3O. The van der Waals surface area contributed by atoms with E-state index in [2.05, 4.69) is 5.32 Å². The Bertz CT molecular complexity index is 488. The lowest BCUT2D eigenvalue weighted by atomic mass is 9.83. The zero-order valence-corrected chi connectivity index (χ0v) is 10.4. The molecule has 17 heavy (non-hydrogen) atoms. The molecule has 0 aliphatic carbocycles. The highest BCUT2D eigenvalue weighted by atomic mass is 16.2. The van der Waals surface area contributed by atoms with Crippen molar-refractivity contribution in [3.63, 3.8) is 0 Å². The Morgan fingerprint density at radius 2 is 2.24 bits per heavy atom. The van der Waals surface area contributed by atoms with Crippen LogP contribution in [0.1, 0.15) is 18.9 Å². The number of likely N-dealkylation sites (N-methyl/N-ethyl adjacent to an activating group) is 1. The van der Waals surface area contributed by atoms with Crippen LogP contribution < -0.4 is 10.8 Å². The number of rotatable bonds is 2. The van der Waals surface area contributed by atoms with Crippen LogP contribution in [0.15, 0.2) is 24.3 Å². The van der Waals surface area contributed by atoms with Crippen LogP contribution in [0, 0.1) is 5.41 Å². The molecule has 1 saturated heterocycles. The van der Waals surface area contributed by atoms with Crippen LogP contribution in [0.25, 0.3) is 0 Å². The van der Waals surface area contributed by atoms with E-state index >= 15 is 0 Å². The van der Waals surface area contributed by atoms with Crippen molar-refractivity contribution < 1.29 is 4.79 Å². The minimum Gasteiger partial charge on any atom is -0.338 e. The summed E-state index contributed by atoms with van der Waals surface area (Å²) >= 11 is 0. The van der Waals surface area contributed by atoms with Gasteiger partial charge in [-0.3, -0.25) is 15.1 Å². The third kappa shape index (κ3) is 1.62. The summed E-state index contributed by atoms with van der Waals surface area (Å²) in [6, 6.07) is 7.88. The lowest BCUT2D eigenvalue weighted by molar-refractivity contribution is -0.130. The highest BCUT2D eigenvalue weighted by Gasteiger charge is 2.47. The molecule has 1 aliphatic heterocycles. The van der Waals surface area contributed by atoms with Gasteiger partial charge in [-0.2, -0.15) is 0 Å². The smallest absolute Gasteiger partial charge is 0.259 e. The molecule has 88 valence electrons. The maximum atomic E-state index is 12.3. The molecule has 0 aromatic heterocycles. The minimum absolute atomic E-state index is 0.0596. The van der Waals surface area contributed by atoms with Gasteiger partial charge in [0, 0.05) is 7.05 Å². The van der Waals surface area contributed by atoms with Crippen LogP contribution >= 0.6 is 0 Å². The molecule has 0 spiro atoms. The first-order valence-corrected chi connectivity index (χ1v) is 5.73. The molecule has 1 unspecified atom stereocenters. The van der Waals surface area contributed by atoms with Gasteiger partial charge in [-0.25, -0.2) is 0 Å². The van der Waals surface area contributed by atoms with Crippen molar-refractivity contribution in [2.75, 3.05) is 7.05 Å². The minimum atomic E-state index is -0.766. The van der Waals surface area contributed by atoms with Gasteiger partial charge in [0.15, 0.2) is 5.96 Å². The molecule has 1 heterocycles. The van der Waals surface area contributed by atoms with Gasteiger partial charge < -0.3 is 5.32 Å². The van der Waals surface area contributed by atoms with E-state index in [4.69, 9.17) is 5.41 Å². The lowest BCUT2D eigenvalue weighted by Gasteiger charge is -2.26. The summed E-state index contributed by atoms with van der Waals surface area (Å²) in [4.78, 5) is 13.7. The van der Waals surface area contributed by atoms with Gasteiger partial charge in [0.05, 0.1) is 0 Å². The second-order valence-corrected chi connectivity index (χ2v) is 4.47. The molecule has 1 amide bonds. The predicted octanol–water partition coefficient (Wildman–Crippen LogP) is -0.453. The van der Waals surface area contributed by atoms with E-state index in [9.17, 15) is 4.79 Å². The largest absolute Gasteiger partial charge is 0.338 e. The maximum Gasteiger partial charge on any atom is 0.259 e. The summed E-state index contributed by atoms with van der Waals surface area (Å²) in [6.07, 6.45) is 0.627. The molecule has 0 bridgehead atoms. The predicted molar refractivity (Wildman–Crippen MR) is 70.2 cm³/mol. The Hall–Kier alpha value is -1.78. The molecule has 2 rings (SSSR count). The molecule has 1 aromatic rings. The molecule has 2 N–H and O–H groups in total. The number of amides is 1. The Balaban J connectivity index is 2.53. The van der Waals surface area contributed by atoms with Gasteiger partial charge in [-0.15, -0.1) is 0 Å². The Kier molecular flexibility index (Phi) is 2.69. The number of nitrogens with one attached hydrogen (secondary N) is 2. The van der Waals surface area contributed by atoms with E-state index in [1.54, 1.807) is 7.05 Å². The van der Waals surface area contributed by atoms with E-state index in [1.807, 2.05) is 39.0 Å². The van der Waals surface area contributed by atoms with E-state index in [0.29, 0.717) is 6.42 Å². The van der Waals surface area contributed by atoms with Crippen molar-refractivity contribution in [2.24, 2.45) is 0 Å². The number of carbonyl (C=O) groups excluding carboxylic acids is 1. The van der Waals surface area contributed by atoms with Gasteiger partial charge >= 0.3 is 0 Å². The topological polar surface area (TPSA) is 56.2 Å². The summed E-state index contributed by atoms with van der Waals surface area (Å²) in [5, 5.41) is 10.8. The molecule has 4 nitrogen and oxygen atoms in total. The van der Waals surface area contributed by atoms with E-state index < -0.39 is 5.54 Å². The molecule has 1 atom stereocenters. The van der Waals surface area contributed by atoms with Gasteiger partial charge in [0.1, 0.15) is 13.4 Å². The van der Waals surface area contributed by atoms with Crippen LogP contribution in [0.4, 0.5) is 0 Å². The zero-order chi connectivity index (χ0) is 12.6. The number of nitrogens with zero attached hydrogens (tertiary/aromatic N) is 1. The number of guanidine groups is 1. The van der Waals surface area contributed by atoms with Gasteiger partial charge in [-0.1, -0.05) is 36.7 Å². The summed E-state index contributed by atoms with van der Waals surface area (Å²) in [7, 11) is 3.63. The summed E-state index contributed by atoms with van der Waals surface area (Å²) in [6.45, 7) is 1.96. The number of carbonyl (C=O) groups is 1. The average molecular weight is 229 g/mol. The number of hydrogen-bond acceptors (Lipinski definition) is 2. The summed E-state index contributed by atoms with van der Waals surface area (Å²) in [5.41, 5.74) is 1.28. The molecule has 0 radical (unpaired) electrons. The first-order chi connectivity index (χ1) is 8.01. The van der Waals surface area contributed by atoms with Crippen molar-refractivity contribution in [3.05, 3.63) is 29.8 Å². The SMILES string of the molecule is Bc1cccc(C2(CC)NC(=N)N(C)C2=O)c1. The molecule has 1 fully saturated rings. The normalized spacial score (nSPS) is 24.0. The van der Waals surface area contributed by atoms with Crippen LogP contribution in [-0.2, 0) is 10.3 Å². The van der Waals surface area contributed by atoms with E-state index in [1.165, 1.54) is 4.90 Å². The highest BCUT2D eigenvalue weighted by molar-refractivity contribution is 6.32. The van der Waals surface area contributed by atoms with Gasteiger partial charge in [0.2, 0.25) is 0 Å².